The van der Waals surface area contributed by atoms with Crippen LogP contribution in [0.3, 0.4) is 0 Å². The van der Waals surface area contributed by atoms with Gasteiger partial charge in [-0.3, -0.25) is 9.59 Å². The van der Waals surface area contributed by atoms with Crippen molar-refractivity contribution < 1.29 is 19.1 Å². The highest BCUT2D eigenvalue weighted by Gasteiger charge is 2.12. The van der Waals surface area contributed by atoms with Crippen molar-refractivity contribution in [1.29, 1.82) is 0 Å². The molecule has 0 radical (unpaired) electrons. The van der Waals surface area contributed by atoms with Gasteiger partial charge in [-0.2, -0.15) is 0 Å². The lowest BCUT2D eigenvalue weighted by molar-refractivity contribution is -0.111. The van der Waals surface area contributed by atoms with Gasteiger partial charge in [-0.15, -0.1) is 0 Å². The predicted molar refractivity (Wildman–Crippen MR) is 132 cm³/mol. The van der Waals surface area contributed by atoms with Crippen LogP contribution in [0.4, 0.5) is 11.4 Å². The van der Waals surface area contributed by atoms with E-state index in [-0.39, 0.29) is 11.8 Å². The number of methoxy groups -OCH3 is 2. The lowest BCUT2D eigenvalue weighted by Crippen LogP contribution is -2.15. The minimum Gasteiger partial charge on any atom is -0.497 e. The number of fused-ring (bicyclic) bond motifs is 1. The van der Waals surface area contributed by atoms with Gasteiger partial charge in [-0.25, -0.2) is 4.98 Å². The molecule has 0 atom stereocenters. The average molecular weight is 457 g/mol. The Morgan fingerprint density at radius 1 is 0.971 bits per heavy atom. The summed E-state index contributed by atoms with van der Waals surface area (Å²) < 4.78 is 10.5. The molecule has 0 aliphatic heterocycles. The second kappa shape index (κ2) is 9.91. The summed E-state index contributed by atoms with van der Waals surface area (Å²) in [5, 5.41) is 6.55. The van der Waals surface area contributed by atoms with Crippen molar-refractivity contribution in [2.24, 2.45) is 0 Å². The Bertz CT molecular complexity index is 1390. The first kappa shape index (κ1) is 22.6. The number of hydrogen-bond acceptors (Lipinski definition) is 5. The van der Waals surface area contributed by atoms with Crippen LogP contribution in [0.1, 0.15) is 21.5 Å². The maximum Gasteiger partial charge on any atom is 0.256 e. The maximum atomic E-state index is 12.9. The van der Waals surface area contributed by atoms with Crippen LogP contribution in [0, 0.1) is 6.92 Å². The number of carbonyl (C=O) groups excluding carboxylic acids is 2. The minimum absolute atomic E-state index is 0.288. The second-order valence-electron chi connectivity index (χ2n) is 7.55. The molecule has 8 nitrogen and oxygen atoms in total. The lowest BCUT2D eigenvalue weighted by atomic mass is 10.1. The lowest BCUT2D eigenvalue weighted by Gasteiger charge is -2.10. The van der Waals surface area contributed by atoms with Gasteiger partial charge in [0.05, 0.1) is 26.1 Å². The van der Waals surface area contributed by atoms with E-state index in [0.717, 1.165) is 22.2 Å². The molecule has 34 heavy (non-hydrogen) atoms. The van der Waals surface area contributed by atoms with Crippen molar-refractivity contribution in [3.8, 4) is 11.5 Å². The largest absolute Gasteiger partial charge is 0.497 e. The van der Waals surface area contributed by atoms with E-state index in [0.29, 0.717) is 28.4 Å². The summed E-state index contributed by atoms with van der Waals surface area (Å²) in [5.74, 6) is 0.622. The number of pyridine rings is 1. The highest BCUT2D eigenvalue weighted by atomic mass is 16.5. The summed E-state index contributed by atoms with van der Waals surface area (Å²) in [6.07, 6.45) is 6.44. The fourth-order valence-corrected chi connectivity index (χ4v) is 3.46. The summed E-state index contributed by atoms with van der Waals surface area (Å²) in [6, 6.07) is 14.2. The van der Waals surface area contributed by atoms with Crippen LogP contribution in [-0.2, 0) is 4.79 Å². The molecule has 0 bridgehead atoms. The van der Waals surface area contributed by atoms with Crippen LogP contribution in [0.2, 0.25) is 0 Å². The number of H-pyrrole nitrogens is 1. The van der Waals surface area contributed by atoms with Crippen LogP contribution in [0.25, 0.3) is 17.1 Å². The first-order valence-electron chi connectivity index (χ1n) is 10.5. The third-order valence-electron chi connectivity index (χ3n) is 5.26. The minimum atomic E-state index is -0.338. The van der Waals surface area contributed by atoms with Gasteiger partial charge in [0.15, 0.2) is 0 Å². The Hall–Kier alpha value is -4.59. The molecular weight excluding hydrogens is 432 g/mol. The summed E-state index contributed by atoms with van der Waals surface area (Å²) in [5.41, 5.74) is 3.81. The van der Waals surface area contributed by atoms with Crippen LogP contribution < -0.4 is 20.1 Å². The molecule has 0 unspecified atom stereocenters. The highest BCUT2D eigenvalue weighted by Crippen LogP contribution is 2.26. The van der Waals surface area contributed by atoms with Crippen LogP contribution >= 0.6 is 0 Å². The third-order valence-corrected chi connectivity index (χ3v) is 5.26. The second-order valence-corrected chi connectivity index (χ2v) is 7.55. The van der Waals surface area contributed by atoms with Gasteiger partial charge < -0.3 is 25.1 Å². The molecule has 2 aromatic heterocycles. The first-order chi connectivity index (χ1) is 16.5. The molecule has 0 fully saturated rings. The number of nitrogens with zero attached hydrogens (tertiary/aromatic N) is 1. The molecule has 2 amide bonds. The maximum absolute atomic E-state index is 12.9. The van der Waals surface area contributed by atoms with E-state index in [9.17, 15) is 9.59 Å². The van der Waals surface area contributed by atoms with Gasteiger partial charge in [0.2, 0.25) is 5.91 Å². The van der Waals surface area contributed by atoms with E-state index in [2.05, 4.69) is 20.6 Å². The van der Waals surface area contributed by atoms with Crippen LogP contribution in [0.15, 0.2) is 67.0 Å². The molecule has 8 heteroatoms. The molecule has 0 aliphatic rings. The van der Waals surface area contributed by atoms with Crippen LogP contribution in [0.5, 0.6) is 11.5 Å². The Kier molecular flexibility index (Phi) is 6.59. The van der Waals surface area contributed by atoms with E-state index in [1.54, 1.807) is 69.1 Å². The standard InChI is InChI=1S/C26H24N4O4/c1-16-4-7-19(29-24(31)9-6-17-5-8-21(33-2)14-23(17)34-3)13-22(16)26(32)30-20-12-18-10-11-27-25(18)28-15-20/h4-15H,1-3H3,(H,27,28)(H,29,31)(H,30,32). The molecule has 0 spiro atoms. The zero-order valence-corrected chi connectivity index (χ0v) is 19.0. The van der Waals surface area contributed by atoms with E-state index < -0.39 is 0 Å². The van der Waals surface area contributed by atoms with E-state index in [4.69, 9.17) is 9.47 Å². The normalized spacial score (nSPS) is 10.9. The zero-order chi connectivity index (χ0) is 24.1. The summed E-state index contributed by atoms with van der Waals surface area (Å²) in [4.78, 5) is 32.7. The summed E-state index contributed by atoms with van der Waals surface area (Å²) >= 11 is 0. The summed E-state index contributed by atoms with van der Waals surface area (Å²) in [6.45, 7) is 1.84. The molecule has 0 saturated heterocycles. The molecule has 0 saturated carbocycles. The Morgan fingerprint density at radius 2 is 1.82 bits per heavy atom. The molecule has 4 rings (SSSR count). The average Bonchev–Trinajstić information content (AvgIpc) is 3.31. The fraction of sp³-hybridized carbons (Fsp3) is 0.115. The number of ether oxygens (including phenoxy) is 2. The van der Waals surface area contributed by atoms with E-state index in [1.165, 1.54) is 6.08 Å². The number of rotatable bonds is 7. The van der Waals surface area contributed by atoms with Gasteiger partial charge in [-0.1, -0.05) is 6.07 Å². The number of aromatic amines is 1. The van der Waals surface area contributed by atoms with Crippen molar-refractivity contribution in [2.75, 3.05) is 24.9 Å². The molecule has 4 aromatic rings. The first-order valence-corrected chi connectivity index (χ1v) is 10.5. The van der Waals surface area contributed by atoms with Crippen LogP contribution in [-0.4, -0.2) is 36.0 Å². The number of amides is 2. The number of benzene rings is 2. The Labute approximate surface area is 196 Å². The fourth-order valence-electron chi connectivity index (χ4n) is 3.46. The van der Waals surface area contributed by atoms with Crippen molar-refractivity contribution in [3.05, 3.63) is 83.7 Å². The number of hydrogen-bond donors (Lipinski definition) is 3. The quantitative estimate of drug-likeness (QED) is 0.347. The van der Waals surface area contributed by atoms with Gasteiger partial charge in [0, 0.05) is 40.5 Å². The molecule has 3 N–H and O–H groups in total. The predicted octanol–water partition coefficient (Wildman–Crippen LogP) is 4.79. The van der Waals surface area contributed by atoms with Crippen molar-refractivity contribution in [3.63, 3.8) is 0 Å². The monoisotopic (exact) mass is 456 g/mol. The molecule has 2 heterocycles. The van der Waals surface area contributed by atoms with E-state index >= 15 is 0 Å². The van der Waals surface area contributed by atoms with Crippen molar-refractivity contribution >= 4 is 40.3 Å². The Balaban J connectivity index is 1.46. The number of aryl methyl sites for hydroxylation is 1. The third kappa shape index (κ3) is 5.07. The molecule has 172 valence electrons. The smallest absolute Gasteiger partial charge is 0.256 e. The van der Waals surface area contributed by atoms with Gasteiger partial charge in [0.1, 0.15) is 17.1 Å². The highest BCUT2D eigenvalue weighted by molar-refractivity contribution is 6.07. The van der Waals surface area contributed by atoms with Crippen molar-refractivity contribution in [1.82, 2.24) is 9.97 Å². The molecule has 0 aliphatic carbocycles. The van der Waals surface area contributed by atoms with E-state index in [1.807, 2.05) is 19.1 Å². The van der Waals surface area contributed by atoms with Gasteiger partial charge in [0.25, 0.3) is 5.91 Å². The topological polar surface area (TPSA) is 105 Å². The van der Waals surface area contributed by atoms with Gasteiger partial charge in [-0.05, 0) is 55.0 Å². The number of aromatic nitrogens is 2. The zero-order valence-electron chi connectivity index (χ0n) is 19.0. The number of anilines is 2. The van der Waals surface area contributed by atoms with Gasteiger partial charge >= 0.3 is 0 Å². The van der Waals surface area contributed by atoms with Crippen molar-refractivity contribution in [2.45, 2.75) is 6.92 Å². The Morgan fingerprint density at radius 3 is 2.62 bits per heavy atom. The molecular formula is C26H24N4O4. The number of nitrogens with one attached hydrogen (secondary N) is 3. The SMILES string of the molecule is COc1ccc(C=CC(=O)Nc2ccc(C)c(C(=O)Nc3cnc4[nH]ccc4c3)c2)c(OC)c1. The molecule has 2 aromatic carbocycles. The summed E-state index contributed by atoms with van der Waals surface area (Å²) in [7, 11) is 3.13. The number of carbonyl (C=O) groups is 2.